The largest absolute Gasteiger partial charge is 0.334 e. The third-order valence-electron chi connectivity index (χ3n) is 3.14. The highest BCUT2D eigenvalue weighted by molar-refractivity contribution is 5.66. The van der Waals surface area contributed by atoms with Crippen LogP contribution >= 0.6 is 0 Å². The third kappa shape index (κ3) is 3.16. The molecule has 0 aliphatic rings. The van der Waals surface area contributed by atoms with Crippen molar-refractivity contribution in [3.8, 4) is 11.1 Å². The zero-order valence-corrected chi connectivity index (χ0v) is 12.2. The van der Waals surface area contributed by atoms with Gasteiger partial charge >= 0.3 is 11.2 Å². The Hall–Kier alpha value is -2.50. The van der Waals surface area contributed by atoms with E-state index in [0.717, 1.165) is 11.3 Å². The van der Waals surface area contributed by atoms with Crippen LogP contribution in [0.1, 0.15) is 19.5 Å². The van der Waals surface area contributed by atoms with Gasteiger partial charge in [0.05, 0.1) is 4.92 Å². The second-order valence-corrected chi connectivity index (χ2v) is 5.36. The highest BCUT2D eigenvalue weighted by atomic mass is 16.6. The van der Waals surface area contributed by atoms with Crippen LogP contribution in [0.25, 0.3) is 11.1 Å². The summed E-state index contributed by atoms with van der Waals surface area (Å²) in [4.78, 5) is 26.8. The van der Waals surface area contributed by atoms with Crippen LogP contribution in [0.15, 0.2) is 35.4 Å². The maximum absolute atomic E-state index is 12.1. The highest BCUT2D eigenvalue weighted by Crippen LogP contribution is 2.23. The fraction of sp³-hybridized carbons (Fsp3) is 0.333. The van der Waals surface area contributed by atoms with E-state index in [-0.39, 0.29) is 5.92 Å². The van der Waals surface area contributed by atoms with E-state index >= 15 is 0 Å². The van der Waals surface area contributed by atoms with Crippen LogP contribution in [-0.2, 0) is 6.54 Å². The summed E-state index contributed by atoms with van der Waals surface area (Å²) < 4.78 is 1.41. The molecule has 0 saturated carbocycles. The van der Waals surface area contributed by atoms with Crippen molar-refractivity contribution in [3.05, 3.63) is 56.8 Å². The first-order chi connectivity index (χ1) is 9.90. The van der Waals surface area contributed by atoms with Gasteiger partial charge in [-0.3, -0.25) is 19.9 Å². The Morgan fingerprint density at radius 3 is 2.71 bits per heavy atom. The van der Waals surface area contributed by atoms with Crippen LogP contribution in [0.3, 0.4) is 0 Å². The fourth-order valence-electron chi connectivity index (χ4n) is 2.22. The summed E-state index contributed by atoms with van der Waals surface area (Å²) in [5.41, 5.74) is 1.21. The van der Waals surface area contributed by atoms with Crippen LogP contribution in [0, 0.1) is 23.0 Å². The molecule has 2 aromatic heterocycles. The van der Waals surface area contributed by atoms with Crippen LogP contribution in [0.4, 0.5) is 5.69 Å². The minimum Gasteiger partial charge on any atom is -0.309 e. The van der Waals surface area contributed by atoms with Gasteiger partial charge in [-0.05, 0) is 18.9 Å². The SMILES string of the molecule is Cc1ncccc1-c1cc([N+](=O)[O-])c(=O)n(CC(C)C)c1. The molecule has 110 valence electrons. The average Bonchev–Trinajstić information content (AvgIpc) is 2.41. The Bertz CT molecular complexity index is 735. The lowest BCUT2D eigenvalue weighted by Crippen LogP contribution is -2.24. The number of aromatic nitrogens is 2. The molecule has 0 bridgehead atoms. The zero-order valence-electron chi connectivity index (χ0n) is 12.2. The van der Waals surface area contributed by atoms with Gasteiger partial charge in [0.25, 0.3) is 0 Å². The lowest BCUT2D eigenvalue weighted by molar-refractivity contribution is -0.386. The maximum Gasteiger partial charge on any atom is 0.334 e. The standard InChI is InChI=1S/C15H17N3O3/c1-10(2)8-17-9-12(7-14(15(17)19)18(20)21)13-5-4-6-16-11(13)3/h4-7,9-10H,8H2,1-3H3. The van der Waals surface area contributed by atoms with Gasteiger partial charge in [0.15, 0.2) is 0 Å². The molecule has 0 aromatic carbocycles. The van der Waals surface area contributed by atoms with E-state index in [1.807, 2.05) is 26.8 Å². The Balaban J connectivity index is 2.68. The van der Waals surface area contributed by atoms with Crippen LogP contribution in [-0.4, -0.2) is 14.5 Å². The Morgan fingerprint density at radius 1 is 1.43 bits per heavy atom. The molecule has 0 unspecified atom stereocenters. The second kappa shape index (κ2) is 5.87. The molecule has 6 nitrogen and oxygen atoms in total. The first-order valence-corrected chi connectivity index (χ1v) is 6.71. The van der Waals surface area contributed by atoms with E-state index in [2.05, 4.69) is 4.98 Å². The molecule has 0 spiro atoms. The first-order valence-electron chi connectivity index (χ1n) is 6.71. The third-order valence-corrected chi connectivity index (χ3v) is 3.14. The summed E-state index contributed by atoms with van der Waals surface area (Å²) in [5, 5.41) is 11.1. The lowest BCUT2D eigenvalue weighted by atomic mass is 10.1. The predicted octanol–water partition coefficient (Wildman–Crippen LogP) is 2.78. The monoisotopic (exact) mass is 287 g/mol. The summed E-state index contributed by atoms with van der Waals surface area (Å²) in [5.74, 6) is 0.215. The number of aryl methyl sites for hydroxylation is 1. The molecule has 0 atom stereocenters. The van der Waals surface area contributed by atoms with Gasteiger partial charge < -0.3 is 4.57 Å². The normalized spacial score (nSPS) is 10.9. The van der Waals surface area contributed by atoms with Gasteiger partial charge in [-0.25, -0.2) is 0 Å². The van der Waals surface area contributed by atoms with Gasteiger partial charge in [0.1, 0.15) is 0 Å². The van der Waals surface area contributed by atoms with Gasteiger partial charge in [-0.1, -0.05) is 19.9 Å². The molecule has 21 heavy (non-hydrogen) atoms. The summed E-state index contributed by atoms with van der Waals surface area (Å²) in [7, 11) is 0. The smallest absolute Gasteiger partial charge is 0.309 e. The minimum absolute atomic E-state index is 0.215. The zero-order chi connectivity index (χ0) is 15.6. The number of nitrogens with zero attached hydrogens (tertiary/aromatic N) is 3. The molecule has 6 heteroatoms. The molecule has 0 amide bonds. The Labute approximate surface area is 122 Å². The topological polar surface area (TPSA) is 78.0 Å². The van der Waals surface area contributed by atoms with Crippen molar-refractivity contribution in [2.24, 2.45) is 5.92 Å². The van der Waals surface area contributed by atoms with E-state index in [9.17, 15) is 14.9 Å². The van der Waals surface area contributed by atoms with E-state index in [4.69, 9.17) is 0 Å². The van der Waals surface area contributed by atoms with Crippen molar-refractivity contribution in [1.82, 2.24) is 9.55 Å². The van der Waals surface area contributed by atoms with E-state index in [1.165, 1.54) is 10.6 Å². The molecule has 0 saturated heterocycles. The van der Waals surface area contributed by atoms with E-state index in [0.29, 0.717) is 12.1 Å². The van der Waals surface area contributed by atoms with Crippen molar-refractivity contribution in [1.29, 1.82) is 0 Å². The second-order valence-electron chi connectivity index (χ2n) is 5.36. The molecule has 2 rings (SSSR count). The van der Waals surface area contributed by atoms with Gasteiger partial charge in [0.2, 0.25) is 0 Å². The van der Waals surface area contributed by atoms with Crippen molar-refractivity contribution >= 4 is 5.69 Å². The molecule has 0 aliphatic heterocycles. The van der Waals surface area contributed by atoms with Gasteiger partial charge in [-0.2, -0.15) is 0 Å². The lowest BCUT2D eigenvalue weighted by Gasteiger charge is -2.11. The molecule has 2 aromatic rings. The number of pyridine rings is 2. The Kier molecular flexibility index (Phi) is 4.16. The van der Waals surface area contributed by atoms with Crippen molar-refractivity contribution < 1.29 is 4.92 Å². The van der Waals surface area contributed by atoms with Crippen LogP contribution in [0.5, 0.6) is 0 Å². The molecular formula is C15H17N3O3. The number of hydrogen-bond acceptors (Lipinski definition) is 4. The van der Waals surface area contributed by atoms with Crippen molar-refractivity contribution in [2.45, 2.75) is 27.3 Å². The molecule has 0 fully saturated rings. The van der Waals surface area contributed by atoms with Crippen molar-refractivity contribution in [3.63, 3.8) is 0 Å². The number of hydrogen-bond donors (Lipinski definition) is 0. The van der Waals surface area contributed by atoms with E-state index < -0.39 is 16.2 Å². The molecule has 0 aliphatic carbocycles. The predicted molar refractivity (Wildman–Crippen MR) is 80.2 cm³/mol. The number of nitro groups is 1. The fourth-order valence-corrected chi connectivity index (χ4v) is 2.22. The average molecular weight is 287 g/mol. The molecule has 2 heterocycles. The van der Waals surface area contributed by atoms with Crippen LogP contribution in [0.2, 0.25) is 0 Å². The summed E-state index contributed by atoms with van der Waals surface area (Å²) in [6.07, 6.45) is 3.33. The highest BCUT2D eigenvalue weighted by Gasteiger charge is 2.18. The summed E-state index contributed by atoms with van der Waals surface area (Å²) in [6.45, 7) is 6.19. The Morgan fingerprint density at radius 2 is 2.14 bits per heavy atom. The molecular weight excluding hydrogens is 270 g/mol. The van der Waals surface area contributed by atoms with Crippen LogP contribution < -0.4 is 5.56 Å². The number of rotatable bonds is 4. The first kappa shape index (κ1) is 14.9. The molecule has 0 radical (unpaired) electrons. The van der Waals surface area contributed by atoms with E-state index in [1.54, 1.807) is 18.5 Å². The van der Waals surface area contributed by atoms with Crippen molar-refractivity contribution in [2.75, 3.05) is 0 Å². The van der Waals surface area contributed by atoms with Gasteiger partial charge in [0, 0.05) is 41.8 Å². The summed E-state index contributed by atoms with van der Waals surface area (Å²) in [6, 6.07) is 4.93. The quantitative estimate of drug-likeness (QED) is 0.640. The summed E-state index contributed by atoms with van der Waals surface area (Å²) >= 11 is 0. The maximum atomic E-state index is 12.1. The minimum atomic E-state index is -0.631. The van der Waals surface area contributed by atoms with Gasteiger partial charge in [-0.15, -0.1) is 0 Å². The molecule has 0 N–H and O–H groups in total.